The number of halogens is 1. The monoisotopic (exact) mass is 322 g/mol. The van der Waals surface area contributed by atoms with Crippen LogP contribution in [-0.2, 0) is 11.2 Å². The molecule has 0 saturated heterocycles. The molecule has 0 heterocycles. The molecule has 1 amide bonds. The normalized spacial score (nSPS) is 12.7. The third-order valence-electron chi connectivity index (χ3n) is 3.49. The number of carbonyl (C=O) groups excluding carboxylic acids is 1. The minimum Gasteiger partial charge on any atom is -0.356 e. The number of aliphatic imine (C=N–C) groups is 1. The summed E-state index contributed by atoms with van der Waals surface area (Å²) >= 11 is 0. The molecule has 1 rings (SSSR count). The second kappa shape index (κ2) is 9.82. The first-order chi connectivity index (χ1) is 10.9. The standard InChI is InChI=1S/C17H27FN4O/c1-5-13(2)21-17(20-12-16(23)22(3)4)19-11-10-14-6-8-15(18)9-7-14/h6-9,13H,5,10-12H2,1-4H3,(H2,19,20,21). The predicted octanol–water partition coefficient (Wildman–Crippen LogP) is 1.79. The minimum absolute atomic E-state index is 0.0474. The maximum atomic E-state index is 12.9. The van der Waals surface area contributed by atoms with E-state index in [9.17, 15) is 9.18 Å². The predicted molar refractivity (Wildman–Crippen MR) is 92.0 cm³/mol. The summed E-state index contributed by atoms with van der Waals surface area (Å²) in [6.07, 6.45) is 1.71. The van der Waals surface area contributed by atoms with Gasteiger partial charge in [-0.1, -0.05) is 19.1 Å². The Labute approximate surface area is 138 Å². The SMILES string of the molecule is CCC(C)NC(=NCC(=O)N(C)C)NCCc1ccc(F)cc1. The molecule has 6 heteroatoms. The summed E-state index contributed by atoms with van der Waals surface area (Å²) < 4.78 is 12.9. The first-order valence-electron chi connectivity index (χ1n) is 7.91. The summed E-state index contributed by atoms with van der Waals surface area (Å²) in [5.41, 5.74) is 1.05. The quantitative estimate of drug-likeness (QED) is 0.594. The Balaban J connectivity index is 2.56. The van der Waals surface area contributed by atoms with Crippen LogP contribution >= 0.6 is 0 Å². The molecule has 128 valence electrons. The maximum absolute atomic E-state index is 12.9. The lowest BCUT2D eigenvalue weighted by molar-refractivity contribution is -0.127. The highest BCUT2D eigenvalue weighted by atomic mass is 19.1. The Morgan fingerprint density at radius 3 is 2.52 bits per heavy atom. The van der Waals surface area contributed by atoms with Crippen LogP contribution in [0, 0.1) is 5.82 Å². The van der Waals surface area contributed by atoms with E-state index in [-0.39, 0.29) is 24.3 Å². The van der Waals surface area contributed by atoms with Crippen molar-refractivity contribution in [2.45, 2.75) is 32.7 Å². The lowest BCUT2D eigenvalue weighted by Crippen LogP contribution is -2.43. The fourth-order valence-electron chi connectivity index (χ4n) is 1.75. The number of nitrogens with one attached hydrogen (secondary N) is 2. The molecule has 0 aliphatic heterocycles. The van der Waals surface area contributed by atoms with E-state index in [0.29, 0.717) is 12.5 Å². The van der Waals surface area contributed by atoms with E-state index in [4.69, 9.17) is 0 Å². The average molecular weight is 322 g/mol. The number of nitrogens with zero attached hydrogens (tertiary/aromatic N) is 2. The summed E-state index contributed by atoms with van der Waals surface area (Å²) in [4.78, 5) is 17.5. The third kappa shape index (κ3) is 7.63. The second-order valence-corrected chi connectivity index (χ2v) is 5.71. The van der Waals surface area contributed by atoms with E-state index < -0.39 is 0 Å². The number of carbonyl (C=O) groups is 1. The molecular weight excluding hydrogens is 295 g/mol. The van der Waals surface area contributed by atoms with Gasteiger partial charge in [-0.25, -0.2) is 9.38 Å². The fraction of sp³-hybridized carbons (Fsp3) is 0.529. The number of likely N-dealkylation sites (N-methyl/N-ethyl adjacent to an activating group) is 1. The molecule has 0 aromatic heterocycles. The van der Waals surface area contributed by atoms with Crippen molar-refractivity contribution < 1.29 is 9.18 Å². The Kier molecular flexibility index (Phi) is 8.08. The molecule has 0 aliphatic rings. The van der Waals surface area contributed by atoms with Gasteiger partial charge in [-0.15, -0.1) is 0 Å². The van der Waals surface area contributed by atoms with Gasteiger partial charge in [-0.2, -0.15) is 0 Å². The Bertz CT molecular complexity index is 514. The molecule has 0 aliphatic carbocycles. The largest absolute Gasteiger partial charge is 0.356 e. The zero-order valence-corrected chi connectivity index (χ0v) is 14.4. The van der Waals surface area contributed by atoms with Crippen LogP contribution in [0.1, 0.15) is 25.8 Å². The van der Waals surface area contributed by atoms with Gasteiger partial charge in [-0.3, -0.25) is 4.79 Å². The van der Waals surface area contributed by atoms with E-state index in [2.05, 4.69) is 29.5 Å². The van der Waals surface area contributed by atoms with E-state index in [1.165, 1.54) is 17.0 Å². The Hall–Kier alpha value is -2.11. The van der Waals surface area contributed by atoms with Gasteiger partial charge in [0, 0.05) is 26.7 Å². The van der Waals surface area contributed by atoms with Gasteiger partial charge in [0.2, 0.25) is 5.91 Å². The van der Waals surface area contributed by atoms with Crippen molar-refractivity contribution in [2.24, 2.45) is 4.99 Å². The number of rotatable bonds is 7. The number of amides is 1. The lowest BCUT2D eigenvalue weighted by atomic mass is 10.1. The first-order valence-corrected chi connectivity index (χ1v) is 7.91. The van der Waals surface area contributed by atoms with Gasteiger partial charge >= 0.3 is 0 Å². The average Bonchev–Trinajstić information content (AvgIpc) is 2.53. The summed E-state index contributed by atoms with van der Waals surface area (Å²) in [6, 6.07) is 6.72. The van der Waals surface area contributed by atoms with Crippen molar-refractivity contribution in [1.29, 1.82) is 0 Å². The molecule has 1 aromatic carbocycles. The van der Waals surface area contributed by atoms with Gasteiger partial charge in [0.05, 0.1) is 0 Å². The molecule has 1 aromatic rings. The highest BCUT2D eigenvalue weighted by molar-refractivity contribution is 5.84. The van der Waals surface area contributed by atoms with Crippen LogP contribution in [0.15, 0.2) is 29.3 Å². The number of guanidine groups is 1. The summed E-state index contributed by atoms with van der Waals surface area (Å²) in [5, 5.41) is 6.48. The van der Waals surface area contributed by atoms with Gasteiger partial charge in [-0.05, 0) is 37.5 Å². The van der Waals surface area contributed by atoms with Gasteiger partial charge in [0.1, 0.15) is 12.4 Å². The van der Waals surface area contributed by atoms with Gasteiger partial charge < -0.3 is 15.5 Å². The Morgan fingerprint density at radius 2 is 1.96 bits per heavy atom. The van der Waals surface area contributed by atoms with Gasteiger partial charge in [0.25, 0.3) is 0 Å². The first kappa shape index (κ1) is 18.9. The smallest absolute Gasteiger partial charge is 0.243 e. The molecule has 1 unspecified atom stereocenters. The van der Waals surface area contributed by atoms with Crippen LogP contribution in [0.5, 0.6) is 0 Å². The molecule has 0 radical (unpaired) electrons. The highest BCUT2D eigenvalue weighted by Crippen LogP contribution is 2.02. The van der Waals surface area contributed by atoms with Crippen molar-refractivity contribution in [1.82, 2.24) is 15.5 Å². The molecular formula is C17H27FN4O. The van der Waals surface area contributed by atoms with Crippen LogP contribution in [0.2, 0.25) is 0 Å². The zero-order valence-electron chi connectivity index (χ0n) is 14.4. The minimum atomic E-state index is -0.232. The van der Waals surface area contributed by atoms with Crippen molar-refractivity contribution in [3.05, 3.63) is 35.6 Å². The molecule has 0 spiro atoms. The van der Waals surface area contributed by atoms with Crippen LogP contribution in [0.4, 0.5) is 4.39 Å². The van der Waals surface area contributed by atoms with Crippen molar-refractivity contribution in [3.8, 4) is 0 Å². The Morgan fingerprint density at radius 1 is 1.30 bits per heavy atom. The highest BCUT2D eigenvalue weighted by Gasteiger charge is 2.06. The molecule has 0 bridgehead atoms. The van der Waals surface area contributed by atoms with E-state index >= 15 is 0 Å². The van der Waals surface area contributed by atoms with Crippen LogP contribution in [-0.4, -0.2) is 50.0 Å². The number of hydrogen-bond donors (Lipinski definition) is 2. The molecule has 5 nitrogen and oxygen atoms in total. The van der Waals surface area contributed by atoms with Crippen LogP contribution in [0.3, 0.4) is 0 Å². The number of benzene rings is 1. The molecule has 1 atom stereocenters. The van der Waals surface area contributed by atoms with E-state index in [0.717, 1.165) is 18.4 Å². The van der Waals surface area contributed by atoms with Crippen molar-refractivity contribution in [2.75, 3.05) is 27.2 Å². The van der Waals surface area contributed by atoms with Gasteiger partial charge in [0.15, 0.2) is 5.96 Å². The topological polar surface area (TPSA) is 56.7 Å². The summed E-state index contributed by atoms with van der Waals surface area (Å²) in [7, 11) is 3.42. The fourth-order valence-corrected chi connectivity index (χ4v) is 1.75. The molecule has 2 N–H and O–H groups in total. The molecule has 0 fully saturated rings. The van der Waals surface area contributed by atoms with Crippen molar-refractivity contribution >= 4 is 11.9 Å². The molecule has 0 saturated carbocycles. The summed E-state index contributed by atoms with van der Waals surface area (Å²) in [6.45, 7) is 4.91. The number of hydrogen-bond acceptors (Lipinski definition) is 2. The zero-order chi connectivity index (χ0) is 17.2. The summed E-state index contributed by atoms with van der Waals surface area (Å²) in [5.74, 6) is 0.343. The second-order valence-electron chi connectivity index (χ2n) is 5.71. The van der Waals surface area contributed by atoms with E-state index in [1.54, 1.807) is 26.2 Å². The maximum Gasteiger partial charge on any atom is 0.243 e. The third-order valence-corrected chi connectivity index (χ3v) is 3.49. The van der Waals surface area contributed by atoms with Crippen LogP contribution in [0.25, 0.3) is 0 Å². The van der Waals surface area contributed by atoms with Crippen LogP contribution < -0.4 is 10.6 Å². The molecule has 23 heavy (non-hydrogen) atoms. The van der Waals surface area contributed by atoms with Crippen molar-refractivity contribution in [3.63, 3.8) is 0 Å². The van der Waals surface area contributed by atoms with E-state index in [1.807, 2.05) is 0 Å². The lowest BCUT2D eigenvalue weighted by Gasteiger charge is -2.17.